The zero-order chi connectivity index (χ0) is 29.4. The molecule has 1 aliphatic rings. The van der Waals surface area contributed by atoms with Crippen molar-refractivity contribution in [1.29, 1.82) is 5.26 Å². The third-order valence-electron chi connectivity index (χ3n) is 8.52. The predicted molar refractivity (Wildman–Crippen MR) is 146 cm³/mol. The summed E-state index contributed by atoms with van der Waals surface area (Å²) in [7, 11) is 0. The third-order valence-corrected chi connectivity index (χ3v) is 8.52. The van der Waals surface area contributed by atoms with E-state index in [-0.39, 0.29) is 12.5 Å². The van der Waals surface area contributed by atoms with Crippen molar-refractivity contribution in [3.05, 3.63) is 70.8 Å². The Labute approximate surface area is 234 Å². The molecule has 220 valence electrons. The second-order valence-electron chi connectivity index (χ2n) is 11.0. The van der Waals surface area contributed by atoms with Crippen molar-refractivity contribution in [3.63, 3.8) is 0 Å². The van der Waals surface area contributed by atoms with Gasteiger partial charge >= 0.3 is 12.4 Å². The first-order valence-corrected chi connectivity index (χ1v) is 14.4. The van der Waals surface area contributed by atoms with E-state index in [2.05, 4.69) is 17.9 Å². The lowest BCUT2D eigenvalue weighted by Gasteiger charge is -2.42. The van der Waals surface area contributed by atoms with Gasteiger partial charge in [-0.1, -0.05) is 69.5 Å². The second-order valence-corrected chi connectivity index (χ2v) is 11.0. The van der Waals surface area contributed by atoms with E-state index in [0.29, 0.717) is 50.7 Å². The van der Waals surface area contributed by atoms with Crippen LogP contribution in [-0.4, -0.2) is 24.0 Å². The Hall–Kier alpha value is -2.53. The molecule has 0 N–H and O–H groups in total. The van der Waals surface area contributed by atoms with E-state index < -0.39 is 40.4 Å². The van der Waals surface area contributed by atoms with Crippen LogP contribution in [0.15, 0.2) is 48.5 Å². The van der Waals surface area contributed by atoms with Gasteiger partial charge < -0.3 is 4.90 Å². The Balaban J connectivity index is 2.05. The molecule has 0 aromatic heterocycles. The highest BCUT2D eigenvalue weighted by molar-refractivity contribution is 5.49. The van der Waals surface area contributed by atoms with Gasteiger partial charge in [-0.05, 0) is 80.7 Å². The standard InChI is InChI=1S/C32H40F6N2/c1-3-21-40(22-19-24-12-7-5-8-13-24)26(4-2)18-20-30(23-39,25-14-9-6-10-15-25)29-27(31(33,34)35)16-11-17-28(29)32(36,37)38/h5,7-8,11-13,16-17,25-26H,3-4,6,9-10,14-15,18-22H2,1-2H3. The van der Waals surface area contributed by atoms with Crippen molar-refractivity contribution < 1.29 is 26.3 Å². The van der Waals surface area contributed by atoms with Crippen LogP contribution in [0, 0.1) is 17.2 Å². The Morgan fingerprint density at radius 1 is 0.850 bits per heavy atom. The van der Waals surface area contributed by atoms with Gasteiger partial charge in [0.05, 0.1) is 22.6 Å². The fraction of sp³-hybridized carbons (Fsp3) is 0.594. The van der Waals surface area contributed by atoms with E-state index in [1.54, 1.807) is 0 Å². The summed E-state index contributed by atoms with van der Waals surface area (Å²) in [6, 6.07) is 14.3. The summed E-state index contributed by atoms with van der Waals surface area (Å²) in [5.41, 5.74) is -4.26. The van der Waals surface area contributed by atoms with Crippen LogP contribution in [0.25, 0.3) is 0 Å². The van der Waals surface area contributed by atoms with Crippen molar-refractivity contribution in [2.75, 3.05) is 13.1 Å². The smallest absolute Gasteiger partial charge is 0.300 e. The molecular weight excluding hydrogens is 526 g/mol. The minimum Gasteiger partial charge on any atom is -0.300 e. The van der Waals surface area contributed by atoms with E-state index in [1.807, 2.05) is 37.3 Å². The zero-order valence-corrected chi connectivity index (χ0v) is 23.4. The van der Waals surface area contributed by atoms with Crippen molar-refractivity contribution in [2.24, 2.45) is 5.92 Å². The van der Waals surface area contributed by atoms with Crippen LogP contribution in [0.1, 0.15) is 93.9 Å². The molecule has 1 saturated carbocycles. The van der Waals surface area contributed by atoms with E-state index in [9.17, 15) is 31.6 Å². The topological polar surface area (TPSA) is 27.0 Å². The number of hydrogen-bond acceptors (Lipinski definition) is 2. The molecule has 1 fully saturated rings. The molecule has 40 heavy (non-hydrogen) atoms. The largest absolute Gasteiger partial charge is 0.416 e. The fourth-order valence-corrected chi connectivity index (χ4v) is 6.56. The van der Waals surface area contributed by atoms with Crippen molar-refractivity contribution in [1.82, 2.24) is 4.90 Å². The third kappa shape index (κ3) is 7.60. The summed E-state index contributed by atoms with van der Waals surface area (Å²) in [5.74, 6) is -0.572. The number of alkyl halides is 6. The van der Waals surface area contributed by atoms with Crippen LogP contribution in [0.5, 0.6) is 0 Å². The molecule has 2 nitrogen and oxygen atoms in total. The van der Waals surface area contributed by atoms with Crippen molar-refractivity contribution in [2.45, 2.75) is 102 Å². The fourth-order valence-electron chi connectivity index (χ4n) is 6.56. The molecule has 0 amide bonds. The van der Waals surface area contributed by atoms with E-state index in [4.69, 9.17) is 0 Å². The van der Waals surface area contributed by atoms with Gasteiger partial charge in [-0.3, -0.25) is 0 Å². The Morgan fingerprint density at radius 2 is 1.45 bits per heavy atom. The first kappa shape index (κ1) is 32.0. The van der Waals surface area contributed by atoms with Gasteiger partial charge in [0.2, 0.25) is 0 Å². The molecule has 0 radical (unpaired) electrons. The summed E-state index contributed by atoms with van der Waals surface area (Å²) in [5, 5.41) is 10.6. The van der Waals surface area contributed by atoms with Gasteiger partial charge in [0.25, 0.3) is 0 Å². The highest BCUT2D eigenvalue weighted by Crippen LogP contribution is 2.52. The average Bonchev–Trinajstić information content (AvgIpc) is 2.94. The van der Waals surface area contributed by atoms with Crippen LogP contribution in [0.2, 0.25) is 0 Å². The highest BCUT2D eigenvalue weighted by atomic mass is 19.4. The Morgan fingerprint density at radius 3 is 1.95 bits per heavy atom. The van der Waals surface area contributed by atoms with Crippen LogP contribution in [0.3, 0.4) is 0 Å². The molecule has 8 heteroatoms. The summed E-state index contributed by atoms with van der Waals surface area (Å²) in [6.45, 7) is 5.54. The lowest BCUT2D eigenvalue weighted by molar-refractivity contribution is -0.145. The van der Waals surface area contributed by atoms with Crippen molar-refractivity contribution in [3.8, 4) is 6.07 Å². The molecule has 2 atom stereocenters. The Kier molecular flexibility index (Phi) is 11.1. The maximum Gasteiger partial charge on any atom is 0.416 e. The van der Waals surface area contributed by atoms with E-state index >= 15 is 0 Å². The highest BCUT2D eigenvalue weighted by Gasteiger charge is 2.51. The molecule has 1 aliphatic carbocycles. The van der Waals surface area contributed by atoms with Gasteiger partial charge in [-0.15, -0.1) is 0 Å². The SMILES string of the molecule is CCCN(CCc1ccccc1)C(CC)CCC(C#N)(c1c(C(F)(F)F)cccc1C(F)(F)F)C1CCCCC1. The average molecular weight is 567 g/mol. The maximum atomic E-state index is 14.3. The second kappa shape index (κ2) is 13.9. The van der Waals surface area contributed by atoms with E-state index in [0.717, 1.165) is 38.4 Å². The molecular formula is C32H40F6N2. The minimum atomic E-state index is -5.01. The lowest BCUT2D eigenvalue weighted by atomic mass is 9.61. The van der Waals surface area contributed by atoms with Gasteiger partial charge in [0, 0.05) is 12.6 Å². The molecule has 3 rings (SSSR count). The first-order valence-electron chi connectivity index (χ1n) is 14.4. The number of nitrogens with zero attached hydrogens (tertiary/aromatic N) is 2. The lowest BCUT2D eigenvalue weighted by Crippen LogP contribution is -2.42. The normalized spacial score (nSPS) is 17.4. The molecule has 2 unspecified atom stereocenters. The number of nitriles is 1. The quantitative estimate of drug-likeness (QED) is 0.239. The minimum absolute atomic E-state index is 0.0472. The summed E-state index contributed by atoms with van der Waals surface area (Å²) in [6.07, 6.45) is -4.23. The number of halogens is 6. The summed E-state index contributed by atoms with van der Waals surface area (Å²) in [4.78, 5) is 2.29. The van der Waals surface area contributed by atoms with Crippen LogP contribution in [-0.2, 0) is 24.2 Å². The van der Waals surface area contributed by atoms with E-state index in [1.165, 1.54) is 5.56 Å². The Bertz CT molecular complexity index is 1070. The molecule has 0 saturated heterocycles. The van der Waals surface area contributed by atoms with Gasteiger partial charge in [0.15, 0.2) is 0 Å². The maximum absolute atomic E-state index is 14.3. The van der Waals surface area contributed by atoms with Crippen LogP contribution in [0.4, 0.5) is 26.3 Å². The summed E-state index contributed by atoms with van der Waals surface area (Å²) >= 11 is 0. The first-order chi connectivity index (χ1) is 19.0. The molecule has 0 heterocycles. The molecule has 0 spiro atoms. The number of rotatable bonds is 12. The monoisotopic (exact) mass is 566 g/mol. The summed E-state index contributed by atoms with van der Waals surface area (Å²) < 4.78 is 85.9. The predicted octanol–water partition coefficient (Wildman–Crippen LogP) is 9.58. The molecule has 0 bridgehead atoms. The van der Waals surface area contributed by atoms with Crippen LogP contribution < -0.4 is 0 Å². The number of hydrogen-bond donors (Lipinski definition) is 0. The van der Waals surface area contributed by atoms with Gasteiger partial charge in [-0.2, -0.15) is 31.6 Å². The van der Waals surface area contributed by atoms with Gasteiger partial charge in [0.1, 0.15) is 0 Å². The molecule has 2 aromatic carbocycles. The van der Waals surface area contributed by atoms with Crippen LogP contribution >= 0.6 is 0 Å². The van der Waals surface area contributed by atoms with Crippen molar-refractivity contribution >= 4 is 0 Å². The van der Waals surface area contributed by atoms with Gasteiger partial charge in [-0.25, -0.2) is 0 Å². The zero-order valence-electron chi connectivity index (χ0n) is 23.4. The molecule has 0 aliphatic heterocycles. The number of benzene rings is 2. The molecule has 2 aromatic rings.